The van der Waals surface area contributed by atoms with Gasteiger partial charge in [-0.15, -0.1) is 0 Å². The average molecular weight is 231 g/mol. The number of aromatic amines is 1. The lowest BCUT2D eigenvalue weighted by molar-refractivity contribution is 0.456. The number of nitrogen functional groups attached to an aromatic ring is 1. The zero-order chi connectivity index (χ0) is 12.4. The molecule has 3 N–H and O–H groups in total. The van der Waals surface area contributed by atoms with Crippen LogP contribution in [0.5, 0.6) is 11.6 Å². The van der Waals surface area contributed by atoms with Crippen LogP contribution < -0.4 is 16.0 Å². The lowest BCUT2D eigenvalue weighted by Gasteiger charge is -2.09. The maximum Gasteiger partial charge on any atom is 0.254 e. The van der Waals surface area contributed by atoms with Gasteiger partial charge in [0.05, 0.1) is 6.07 Å². The van der Waals surface area contributed by atoms with Crippen molar-refractivity contribution in [2.75, 3.05) is 5.73 Å². The van der Waals surface area contributed by atoms with E-state index in [1.807, 2.05) is 6.92 Å². The standard InChI is InChI=1S/C12H13N3O2/c1-7-9(13)4-3-5-10(7)17-12-6-11(16)14-8(2)15-12/h3-6H,13H2,1-2H3,(H,14,15,16). The maximum atomic E-state index is 11.3. The van der Waals surface area contributed by atoms with Crippen LogP contribution in [0.4, 0.5) is 5.69 Å². The number of aromatic nitrogens is 2. The van der Waals surface area contributed by atoms with E-state index in [0.29, 0.717) is 17.3 Å². The zero-order valence-electron chi connectivity index (χ0n) is 9.65. The van der Waals surface area contributed by atoms with E-state index in [2.05, 4.69) is 9.97 Å². The molecule has 1 heterocycles. The molecular weight excluding hydrogens is 218 g/mol. The monoisotopic (exact) mass is 231 g/mol. The fourth-order valence-corrected chi connectivity index (χ4v) is 1.46. The minimum atomic E-state index is -0.242. The summed E-state index contributed by atoms with van der Waals surface area (Å²) in [7, 11) is 0. The van der Waals surface area contributed by atoms with Gasteiger partial charge >= 0.3 is 0 Å². The van der Waals surface area contributed by atoms with Crippen molar-refractivity contribution >= 4 is 5.69 Å². The average Bonchev–Trinajstić information content (AvgIpc) is 2.23. The third-order valence-corrected chi connectivity index (χ3v) is 2.38. The molecule has 0 saturated carbocycles. The molecular formula is C12H13N3O2. The second kappa shape index (κ2) is 4.29. The lowest BCUT2D eigenvalue weighted by atomic mass is 10.2. The van der Waals surface area contributed by atoms with Crippen LogP contribution in [0.25, 0.3) is 0 Å². The molecule has 0 spiro atoms. The van der Waals surface area contributed by atoms with Crippen molar-refractivity contribution in [1.82, 2.24) is 9.97 Å². The van der Waals surface area contributed by atoms with Crippen molar-refractivity contribution in [3.8, 4) is 11.6 Å². The van der Waals surface area contributed by atoms with E-state index < -0.39 is 0 Å². The molecule has 0 radical (unpaired) electrons. The van der Waals surface area contributed by atoms with Crippen LogP contribution in [-0.4, -0.2) is 9.97 Å². The normalized spacial score (nSPS) is 10.2. The van der Waals surface area contributed by atoms with Crippen LogP contribution in [0.2, 0.25) is 0 Å². The fourth-order valence-electron chi connectivity index (χ4n) is 1.46. The summed E-state index contributed by atoms with van der Waals surface area (Å²) in [5.41, 5.74) is 6.99. The Kier molecular flexibility index (Phi) is 2.82. The summed E-state index contributed by atoms with van der Waals surface area (Å²) >= 11 is 0. The van der Waals surface area contributed by atoms with Crippen molar-refractivity contribution in [3.63, 3.8) is 0 Å². The number of ether oxygens (including phenoxy) is 1. The van der Waals surface area contributed by atoms with E-state index in [9.17, 15) is 4.79 Å². The summed E-state index contributed by atoms with van der Waals surface area (Å²) in [4.78, 5) is 17.9. The van der Waals surface area contributed by atoms with Gasteiger partial charge < -0.3 is 15.5 Å². The molecule has 2 aromatic rings. The largest absolute Gasteiger partial charge is 0.438 e. The Balaban J connectivity index is 2.38. The molecule has 0 bridgehead atoms. The Morgan fingerprint density at radius 2 is 2.12 bits per heavy atom. The third kappa shape index (κ3) is 2.44. The molecule has 2 rings (SSSR count). The highest BCUT2D eigenvalue weighted by molar-refractivity contribution is 5.53. The number of nitrogens with zero attached hydrogens (tertiary/aromatic N) is 1. The Bertz CT molecular complexity index is 605. The fraction of sp³-hybridized carbons (Fsp3) is 0.167. The molecule has 0 atom stereocenters. The predicted molar refractivity (Wildman–Crippen MR) is 65.3 cm³/mol. The van der Waals surface area contributed by atoms with E-state index >= 15 is 0 Å². The van der Waals surface area contributed by atoms with Gasteiger partial charge in [-0.2, -0.15) is 0 Å². The molecule has 1 aromatic carbocycles. The molecule has 0 aliphatic carbocycles. The predicted octanol–water partition coefficient (Wildman–Crippen LogP) is 1.76. The number of nitrogens with two attached hydrogens (primary N) is 1. The molecule has 0 unspecified atom stereocenters. The summed E-state index contributed by atoms with van der Waals surface area (Å²) in [6, 6.07) is 6.66. The third-order valence-electron chi connectivity index (χ3n) is 2.38. The zero-order valence-corrected chi connectivity index (χ0v) is 9.65. The molecule has 5 nitrogen and oxygen atoms in total. The van der Waals surface area contributed by atoms with Crippen molar-refractivity contribution in [3.05, 3.63) is 46.0 Å². The van der Waals surface area contributed by atoms with Crippen molar-refractivity contribution in [1.29, 1.82) is 0 Å². The first kappa shape index (κ1) is 11.2. The smallest absolute Gasteiger partial charge is 0.254 e. The van der Waals surface area contributed by atoms with E-state index in [4.69, 9.17) is 10.5 Å². The van der Waals surface area contributed by atoms with Gasteiger partial charge in [-0.3, -0.25) is 4.79 Å². The quantitative estimate of drug-likeness (QED) is 0.772. The summed E-state index contributed by atoms with van der Waals surface area (Å²) in [5.74, 6) is 1.37. The summed E-state index contributed by atoms with van der Waals surface area (Å²) in [6.45, 7) is 3.55. The van der Waals surface area contributed by atoms with E-state index in [-0.39, 0.29) is 11.4 Å². The number of anilines is 1. The first-order valence-electron chi connectivity index (χ1n) is 5.17. The first-order valence-corrected chi connectivity index (χ1v) is 5.17. The molecule has 0 saturated heterocycles. The second-order valence-electron chi connectivity index (χ2n) is 3.74. The van der Waals surface area contributed by atoms with Gasteiger partial charge in [-0.05, 0) is 26.0 Å². The van der Waals surface area contributed by atoms with Crippen LogP contribution >= 0.6 is 0 Å². The molecule has 1 aromatic heterocycles. The molecule has 5 heteroatoms. The summed E-state index contributed by atoms with van der Waals surface area (Å²) < 4.78 is 5.54. The highest BCUT2D eigenvalue weighted by atomic mass is 16.5. The van der Waals surface area contributed by atoms with Crippen LogP contribution in [0.3, 0.4) is 0 Å². The second-order valence-corrected chi connectivity index (χ2v) is 3.74. The van der Waals surface area contributed by atoms with Gasteiger partial charge in [0.25, 0.3) is 5.56 Å². The minimum Gasteiger partial charge on any atom is -0.438 e. The van der Waals surface area contributed by atoms with Gasteiger partial charge in [0, 0.05) is 11.3 Å². The number of hydrogen-bond donors (Lipinski definition) is 2. The van der Waals surface area contributed by atoms with Crippen molar-refractivity contribution in [2.45, 2.75) is 13.8 Å². The Hall–Kier alpha value is -2.30. The molecule has 0 aliphatic heterocycles. The molecule has 88 valence electrons. The first-order chi connectivity index (χ1) is 8.06. The number of nitrogens with one attached hydrogen (secondary N) is 1. The van der Waals surface area contributed by atoms with Gasteiger partial charge in [0.1, 0.15) is 11.6 Å². The van der Waals surface area contributed by atoms with E-state index in [1.54, 1.807) is 25.1 Å². The van der Waals surface area contributed by atoms with Crippen LogP contribution in [-0.2, 0) is 0 Å². The Labute approximate surface area is 98.3 Å². The van der Waals surface area contributed by atoms with Crippen molar-refractivity contribution < 1.29 is 4.74 Å². The molecule has 0 fully saturated rings. The van der Waals surface area contributed by atoms with Gasteiger partial charge in [-0.1, -0.05) is 6.07 Å². The Morgan fingerprint density at radius 1 is 1.35 bits per heavy atom. The molecule has 17 heavy (non-hydrogen) atoms. The van der Waals surface area contributed by atoms with Gasteiger partial charge in [0.15, 0.2) is 0 Å². The minimum absolute atomic E-state index is 0.242. The lowest BCUT2D eigenvalue weighted by Crippen LogP contribution is -2.08. The number of aryl methyl sites for hydroxylation is 1. The SMILES string of the molecule is Cc1nc(Oc2cccc(N)c2C)cc(=O)[nH]1. The number of rotatable bonds is 2. The molecule has 0 amide bonds. The van der Waals surface area contributed by atoms with E-state index in [1.165, 1.54) is 6.07 Å². The topological polar surface area (TPSA) is 81.0 Å². The van der Waals surface area contributed by atoms with Crippen molar-refractivity contribution in [2.24, 2.45) is 0 Å². The van der Waals surface area contributed by atoms with Crippen LogP contribution in [0, 0.1) is 13.8 Å². The Morgan fingerprint density at radius 3 is 2.82 bits per heavy atom. The number of hydrogen-bond acceptors (Lipinski definition) is 4. The van der Waals surface area contributed by atoms with Gasteiger partial charge in [0.2, 0.25) is 5.88 Å². The highest BCUT2D eigenvalue weighted by Gasteiger charge is 2.05. The summed E-state index contributed by atoms with van der Waals surface area (Å²) in [6.07, 6.45) is 0. The number of H-pyrrole nitrogens is 1. The van der Waals surface area contributed by atoms with Crippen LogP contribution in [0.15, 0.2) is 29.1 Å². The molecule has 0 aliphatic rings. The highest BCUT2D eigenvalue weighted by Crippen LogP contribution is 2.26. The van der Waals surface area contributed by atoms with E-state index in [0.717, 1.165) is 5.56 Å². The van der Waals surface area contributed by atoms with Gasteiger partial charge in [-0.25, -0.2) is 4.98 Å². The number of benzene rings is 1. The maximum absolute atomic E-state index is 11.3. The summed E-state index contributed by atoms with van der Waals surface area (Å²) in [5, 5.41) is 0. The van der Waals surface area contributed by atoms with Crippen LogP contribution in [0.1, 0.15) is 11.4 Å².